The van der Waals surface area contributed by atoms with Crippen LogP contribution in [-0.4, -0.2) is 27.2 Å². The van der Waals surface area contributed by atoms with E-state index in [4.69, 9.17) is 0 Å². The number of benzene rings is 1. The van der Waals surface area contributed by atoms with Gasteiger partial charge in [-0.25, -0.2) is 4.98 Å². The smallest absolute Gasteiger partial charge is 0.292 e. The summed E-state index contributed by atoms with van der Waals surface area (Å²) in [7, 11) is 1.67. The lowest BCUT2D eigenvalue weighted by Gasteiger charge is -2.08. The second-order valence-corrected chi connectivity index (χ2v) is 4.75. The van der Waals surface area contributed by atoms with Crippen molar-refractivity contribution in [2.45, 2.75) is 17.8 Å². The summed E-state index contributed by atoms with van der Waals surface area (Å²) in [6.45, 7) is 1.82. The zero-order chi connectivity index (χ0) is 13.8. The van der Waals surface area contributed by atoms with E-state index in [1.807, 2.05) is 13.0 Å². The predicted octanol–water partition coefficient (Wildman–Crippen LogP) is 2.36. The summed E-state index contributed by atoms with van der Waals surface area (Å²) in [6, 6.07) is 5.01. The average Bonchev–Trinajstić information content (AvgIpc) is 2.81. The summed E-state index contributed by atoms with van der Waals surface area (Å²) in [6.07, 6.45) is 0. The molecule has 2 rings (SSSR count). The number of aryl methyl sites for hydroxylation is 1. The third-order valence-electron chi connectivity index (χ3n) is 2.51. The summed E-state index contributed by atoms with van der Waals surface area (Å²) in [5.74, 6) is 1.31. The summed E-state index contributed by atoms with van der Waals surface area (Å²) in [5, 5.41) is 21.2. The SMILES string of the molecule is CNc1c(CSc2n[nH]c(C)n2)cccc1[N+](=O)[O-]. The van der Waals surface area contributed by atoms with E-state index in [0.29, 0.717) is 16.6 Å². The van der Waals surface area contributed by atoms with Crippen molar-refractivity contribution in [1.29, 1.82) is 0 Å². The van der Waals surface area contributed by atoms with Gasteiger partial charge < -0.3 is 5.32 Å². The molecule has 0 radical (unpaired) electrons. The van der Waals surface area contributed by atoms with Crippen molar-refractivity contribution in [2.24, 2.45) is 0 Å². The van der Waals surface area contributed by atoms with Crippen molar-refractivity contribution in [1.82, 2.24) is 15.2 Å². The Bertz CT molecular complexity index is 599. The van der Waals surface area contributed by atoms with Crippen molar-refractivity contribution in [3.05, 3.63) is 39.7 Å². The first-order chi connectivity index (χ1) is 9.11. The Morgan fingerprint density at radius 2 is 2.32 bits per heavy atom. The largest absolute Gasteiger partial charge is 0.382 e. The highest BCUT2D eigenvalue weighted by Crippen LogP contribution is 2.31. The molecule has 1 aromatic heterocycles. The van der Waals surface area contributed by atoms with E-state index in [1.165, 1.54) is 17.8 Å². The number of para-hydroxylation sites is 1. The van der Waals surface area contributed by atoms with Crippen molar-refractivity contribution in [3.8, 4) is 0 Å². The van der Waals surface area contributed by atoms with E-state index in [-0.39, 0.29) is 5.69 Å². The van der Waals surface area contributed by atoms with Gasteiger partial charge in [0, 0.05) is 18.9 Å². The minimum absolute atomic E-state index is 0.0757. The number of aromatic nitrogens is 3. The first kappa shape index (κ1) is 13.3. The first-order valence-electron chi connectivity index (χ1n) is 5.57. The molecule has 0 aliphatic carbocycles. The van der Waals surface area contributed by atoms with Crippen LogP contribution in [0, 0.1) is 17.0 Å². The second-order valence-electron chi connectivity index (χ2n) is 3.81. The third-order valence-corrected chi connectivity index (χ3v) is 3.41. The van der Waals surface area contributed by atoms with Gasteiger partial charge in [-0.05, 0) is 12.5 Å². The molecule has 1 aromatic carbocycles. The van der Waals surface area contributed by atoms with Crippen LogP contribution in [-0.2, 0) is 5.75 Å². The Balaban J connectivity index is 2.20. The summed E-state index contributed by atoms with van der Waals surface area (Å²) in [4.78, 5) is 14.7. The van der Waals surface area contributed by atoms with E-state index in [2.05, 4.69) is 20.5 Å². The van der Waals surface area contributed by atoms with Crippen LogP contribution in [0.1, 0.15) is 11.4 Å². The number of anilines is 1. The number of hydrogen-bond donors (Lipinski definition) is 2. The number of H-pyrrole nitrogens is 1. The van der Waals surface area contributed by atoms with Crippen molar-refractivity contribution in [3.63, 3.8) is 0 Å². The molecule has 0 saturated heterocycles. The maximum absolute atomic E-state index is 10.9. The average molecular weight is 279 g/mol. The molecule has 8 heteroatoms. The lowest BCUT2D eigenvalue weighted by Crippen LogP contribution is -2.00. The molecule has 2 N–H and O–H groups in total. The molecule has 0 unspecified atom stereocenters. The topological polar surface area (TPSA) is 96.7 Å². The molecule has 7 nitrogen and oxygen atoms in total. The van der Waals surface area contributed by atoms with Gasteiger partial charge in [-0.15, -0.1) is 5.10 Å². The number of thioether (sulfide) groups is 1. The van der Waals surface area contributed by atoms with E-state index >= 15 is 0 Å². The van der Waals surface area contributed by atoms with Crippen LogP contribution in [0.5, 0.6) is 0 Å². The fourth-order valence-electron chi connectivity index (χ4n) is 1.68. The zero-order valence-corrected chi connectivity index (χ0v) is 11.3. The second kappa shape index (κ2) is 5.70. The van der Waals surface area contributed by atoms with Crippen LogP contribution in [0.2, 0.25) is 0 Å². The number of nitrogens with one attached hydrogen (secondary N) is 2. The van der Waals surface area contributed by atoms with Crippen LogP contribution < -0.4 is 5.32 Å². The molecule has 19 heavy (non-hydrogen) atoms. The van der Waals surface area contributed by atoms with Gasteiger partial charge in [0.05, 0.1) is 4.92 Å². The maximum atomic E-state index is 10.9. The van der Waals surface area contributed by atoms with Crippen molar-refractivity contribution >= 4 is 23.1 Å². The van der Waals surface area contributed by atoms with Gasteiger partial charge in [-0.1, -0.05) is 23.9 Å². The van der Waals surface area contributed by atoms with E-state index in [0.717, 1.165) is 11.4 Å². The lowest BCUT2D eigenvalue weighted by atomic mass is 10.1. The van der Waals surface area contributed by atoms with E-state index in [1.54, 1.807) is 13.1 Å². The normalized spacial score (nSPS) is 10.4. The molecule has 0 aliphatic rings. The summed E-state index contributed by atoms with van der Waals surface area (Å²) >= 11 is 1.43. The van der Waals surface area contributed by atoms with E-state index in [9.17, 15) is 10.1 Å². The maximum Gasteiger partial charge on any atom is 0.292 e. The van der Waals surface area contributed by atoms with Gasteiger partial charge in [0.25, 0.3) is 5.69 Å². The number of nitro groups is 1. The van der Waals surface area contributed by atoms with Gasteiger partial charge in [-0.3, -0.25) is 15.2 Å². The highest BCUT2D eigenvalue weighted by molar-refractivity contribution is 7.98. The van der Waals surface area contributed by atoms with Gasteiger partial charge >= 0.3 is 0 Å². The minimum atomic E-state index is -0.392. The van der Waals surface area contributed by atoms with Gasteiger partial charge in [0.1, 0.15) is 11.5 Å². The van der Waals surface area contributed by atoms with Gasteiger partial charge in [0.15, 0.2) is 0 Å². The molecule has 100 valence electrons. The Kier molecular flexibility index (Phi) is 4.00. The zero-order valence-electron chi connectivity index (χ0n) is 10.5. The fourth-order valence-corrected chi connectivity index (χ4v) is 2.51. The van der Waals surface area contributed by atoms with Crippen molar-refractivity contribution in [2.75, 3.05) is 12.4 Å². The Morgan fingerprint density at radius 3 is 2.89 bits per heavy atom. The molecule has 0 saturated carbocycles. The highest BCUT2D eigenvalue weighted by atomic mass is 32.2. The Morgan fingerprint density at radius 1 is 1.53 bits per heavy atom. The summed E-state index contributed by atoms with van der Waals surface area (Å²) in [5.41, 5.74) is 1.46. The van der Waals surface area contributed by atoms with Crippen LogP contribution in [0.4, 0.5) is 11.4 Å². The molecule has 0 spiro atoms. The van der Waals surface area contributed by atoms with Gasteiger partial charge in [0.2, 0.25) is 5.16 Å². The Labute approximate surface area is 114 Å². The number of aromatic amines is 1. The monoisotopic (exact) mass is 279 g/mol. The van der Waals surface area contributed by atoms with E-state index < -0.39 is 4.92 Å². The molecule has 0 aliphatic heterocycles. The highest BCUT2D eigenvalue weighted by Gasteiger charge is 2.16. The number of nitrogens with zero attached hydrogens (tertiary/aromatic N) is 3. The molecule has 0 atom stereocenters. The molecular weight excluding hydrogens is 266 g/mol. The fraction of sp³-hybridized carbons (Fsp3) is 0.273. The first-order valence-corrected chi connectivity index (χ1v) is 6.56. The third kappa shape index (κ3) is 3.02. The molecule has 0 fully saturated rings. The number of rotatable bonds is 5. The quantitative estimate of drug-likeness (QED) is 0.495. The molecule has 0 bridgehead atoms. The number of nitro benzene ring substituents is 1. The standard InChI is InChI=1S/C11H13N5O2S/c1-7-13-11(15-14-7)19-6-8-4-3-5-9(16(17)18)10(8)12-2/h3-5,12H,6H2,1-2H3,(H,13,14,15). The lowest BCUT2D eigenvalue weighted by molar-refractivity contribution is -0.384. The van der Waals surface area contributed by atoms with Crippen molar-refractivity contribution < 1.29 is 4.92 Å². The minimum Gasteiger partial charge on any atom is -0.382 e. The molecular formula is C11H13N5O2S. The Hall–Kier alpha value is -2.09. The molecule has 2 aromatic rings. The van der Waals surface area contributed by atoms with Crippen LogP contribution in [0.15, 0.2) is 23.4 Å². The molecule has 1 heterocycles. The van der Waals surface area contributed by atoms with Crippen LogP contribution in [0.25, 0.3) is 0 Å². The molecule has 0 amide bonds. The summed E-state index contributed by atoms with van der Waals surface area (Å²) < 4.78 is 0. The van der Waals surface area contributed by atoms with Crippen LogP contribution in [0.3, 0.4) is 0 Å². The number of hydrogen-bond acceptors (Lipinski definition) is 6. The van der Waals surface area contributed by atoms with Gasteiger partial charge in [-0.2, -0.15) is 0 Å². The predicted molar refractivity (Wildman–Crippen MR) is 73.3 cm³/mol. The van der Waals surface area contributed by atoms with Crippen LogP contribution >= 0.6 is 11.8 Å².